The number of fused-ring (bicyclic) bond motifs is 7. The van der Waals surface area contributed by atoms with Crippen LogP contribution in [0.25, 0.3) is 55.6 Å². The minimum absolute atomic E-state index is 0. The van der Waals surface area contributed by atoms with Gasteiger partial charge in [0.2, 0.25) is 0 Å². The molecule has 1 aliphatic carbocycles. The van der Waals surface area contributed by atoms with Crippen molar-refractivity contribution in [3.63, 3.8) is 0 Å². The smallest absolute Gasteiger partial charge is 0.121 e. The van der Waals surface area contributed by atoms with Crippen LogP contribution in [0.4, 0.5) is 0 Å². The third-order valence-electron chi connectivity index (χ3n) is 9.46. The second-order valence-corrected chi connectivity index (χ2v) is 19.4. The van der Waals surface area contributed by atoms with Crippen LogP contribution in [-0.4, -0.2) is 18.0 Å². The first kappa shape index (κ1) is 33.7. The van der Waals surface area contributed by atoms with Gasteiger partial charge in [0.05, 0.1) is 13.7 Å². The Kier molecular flexibility index (Phi) is 9.17. The van der Waals surface area contributed by atoms with Crippen molar-refractivity contribution in [1.82, 2.24) is 9.97 Å². The summed E-state index contributed by atoms with van der Waals surface area (Å²) >= 11 is 0. The van der Waals surface area contributed by atoms with Gasteiger partial charge in [0, 0.05) is 43.3 Å². The molecule has 7 aromatic rings. The molecule has 5 heteroatoms. The summed E-state index contributed by atoms with van der Waals surface area (Å²) in [7, 11) is -1.23. The van der Waals surface area contributed by atoms with Gasteiger partial charge in [-0.25, -0.2) is 0 Å². The topological polar surface area (TPSA) is 38.9 Å². The number of furan rings is 1. The molecule has 0 aliphatic heterocycles. The average molecular weight is 821 g/mol. The van der Waals surface area contributed by atoms with Crippen molar-refractivity contribution in [2.24, 2.45) is 0 Å². The first-order valence-corrected chi connectivity index (χ1v) is 19.9. The summed E-state index contributed by atoms with van der Waals surface area (Å²) in [6.45, 7) is 16.0. The maximum absolute atomic E-state index is 6.48. The van der Waals surface area contributed by atoms with Crippen molar-refractivity contribution in [3.05, 3.63) is 138 Å². The van der Waals surface area contributed by atoms with Gasteiger partial charge in [-0.2, -0.15) is 0 Å². The summed E-state index contributed by atoms with van der Waals surface area (Å²) < 4.78 is 6.48. The molecule has 0 spiro atoms. The Hall–Kier alpha value is -4.15. The van der Waals surface area contributed by atoms with Crippen molar-refractivity contribution in [2.45, 2.75) is 58.7 Å². The zero-order valence-corrected chi connectivity index (χ0v) is 32.0. The number of hydrogen-bond acceptors (Lipinski definition) is 3. The summed E-state index contributed by atoms with van der Waals surface area (Å²) in [6.07, 6.45) is 3.90. The minimum Gasteiger partial charge on any atom is -0.501 e. The molecule has 8 rings (SSSR count). The summed E-state index contributed by atoms with van der Waals surface area (Å²) in [5, 5.41) is 3.72. The molecular weight excluding hydrogens is 781 g/mol. The Morgan fingerprint density at radius 1 is 0.771 bits per heavy atom. The molecule has 243 valence electrons. The number of nitrogens with zero attached hydrogens (tertiary/aromatic N) is 2. The van der Waals surface area contributed by atoms with Gasteiger partial charge in [-0.05, 0) is 56.9 Å². The van der Waals surface area contributed by atoms with Crippen LogP contribution in [0.3, 0.4) is 0 Å². The van der Waals surface area contributed by atoms with Crippen molar-refractivity contribution in [1.29, 1.82) is 0 Å². The van der Waals surface area contributed by atoms with Crippen LogP contribution in [0, 0.1) is 12.1 Å². The van der Waals surface area contributed by atoms with E-state index in [0.717, 1.165) is 39.1 Å². The molecule has 0 saturated carbocycles. The van der Waals surface area contributed by atoms with Gasteiger partial charge >= 0.3 is 0 Å². The van der Waals surface area contributed by atoms with E-state index in [9.17, 15) is 0 Å². The number of aromatic nitrogens is 2. The van der Waals surface area contributed by atoms with E-state index in [0.29, 0.717) is 5.92 Å². The normalized spacial score (nSPS) is 13.1. The van der Waals surface area contributed by atoms with E-state index in [1.165, 1.54) is 38.4 Å². The fourth-order valence-corrected chi connectivity index (χ4v) is 7.74. The van der Waals surface area contributed by atoms with Crippen molar-refractivity contribution in [3.8, 4) is 33.6 Å². The SMILES string of the molecule is CC(C)c1ccnc(-c2[c-]ccc3c2oc2ccc4c(c23)-c2ccccc2C4(C)C)c1.C[Si](C)(C)c1ccc(-c2[c-]cccc2)nc1.[Ir]. The zero-order valence-electron chi connectivity index (χ0n) is 28.6. The molecule has 0 amide bonds. The van der Waals surface area contributed by atoms with Crippen molar-refractivity contribution >= 4 is 35.2 Å². The van der Waals surface area contributed by atoms with Crippen LogP contribution in [-0.2, 0) is 25.5 Å². The van der Waals surface area contributed by atoms with E-state index in [1.54, 1.807) is 0 Å². The fourth-order valence-electron chi connectivity index (χ4n) is 6.71. The van der Waals surface area contributed by atoms with Crippen LogP contribution in [0.1, 0.15) is 50.3 Å². The molecule has 3 heterocycles. The van der Waals surface area contributed by atoms with Crippen LogP contribution in [0.2, 0.25) is 19.6 Å². The molecule has 1 radical (unpaired) electrons. The molecule has 0 saturated heterocycles. The fraction of sp³-hybridized carbons (Fsp3) is 0.209. The monoisotopic (exact) mass is 821 g/mol. The van der Waals surface area contributed by atoms with Gasteiger partial charge in [0.25, 0.3) is 0 Å². The predicted molar refractivity (Wildman–Crippen MR) is 199 cm³/mol. The van der Waals surface area contributed by atoms with Gasteiger partial charge in [0.1, 0.15) is 5.58 Å². The predicted octanol–water partition coefficient (Wildman–Crippen LogP) is 11.0. The Labute approximate surface area is 298 Å². The maximum Gasteiger partial charge on any atom is 0.121 e. The van der Waals surface area contributed by atoms with Crippen LogP contribution >= 0.6 is 0 Å². The zero-order chi connectivity index (χ0) is 32.9. The Morgan fingerprint density at radius 3 is 2.27 bits per heavy atom. The van der Waals surface area contributed by atoms with E-state index in [-0.39, 0.29) is 25.5 Å². The molecule has 3 aromatic heterocycles. The van der Waals surface area contributed by atoms with E-state index < -0.39 is 8.07 Å². The Bertz CT molecular complexity index is 2230. The number of benzene rings is 4. The summed E-state index contributed by atoms with van der Waals surface area (Å²) in [6, 6.07) is 40.3. The first-order chi connectivity index (χ1) is 22.5. The number of hydrogen-bond donors (Lipinski definition) is 0. The molecule has 0 N–H and O–H groups in total. The van der Waals surface area contributed by atoms with Gasteiger partial charge in [-0.1, -0.05) is 112 Å². The third-order valence-corrected chi connectivity index (χ3v) is 11.5. The van der Waals surface area contributed by atoms with E-state index in [2.05, 4.69) is 136 Å². The van der Waals surface area contributed by atoms with Crippen molar-refractivity contribution in [2.75, 3.05) is 0 Å². The molecule has 0 bridgehead atoms. The molecule has 3 nitrogen and oxygen atoms in total. The Morgan fingerprint density at radius 2 is 1.56 bits per heavy atom. The molecule has 0 fully saturated rings. The summed E-state index contributed by atoms with van der Waals surface area (Å²) in [5.74, 6) is 0.443. The molecule has 0 atom stereocenters. The van der Waals surface area contributed by atoms with E-state index in [4.69, 9.17) is 4.42 Å². The van der Waals surface area contributed by atoms with Crippen LogP contribution in [0.5, 0.6) is 0 Å². The molecule has 4 aromatic carbocycles. The standard InChI is InChI=1S/C29H24NO.C14H16NSi.Ir/c1-17(2)18-14-15-30-24(16-18)20-9-7-10-21-27-25(31-28(20)21)13-12-23-26(27)19-8-5-6-11-22(19)29(23,3)4;1-16(2,3)13-9-10-14(15-11-13)12-7-5-4-6-8-12;/h5-8,10-17H,1-4H3;4-7,9-11H,1-3H3;/q2*-1;. The van der Waals surface area contributed by atoms with Gasteiger partial charge < -0.3 is 14.4 Å². The van der Waals surface area contributed by atoms with E-state index in [1.807, 2.05) is 42.7 Å². The van der Waals surface area contributed by atoms with Crippen LogP contribution < -0.4 is 5.19 Å². The number of rotatable bonds is 4. The second kappa shape index (κ2) is 13.0. The quantitative estimate of drug-likeness (QED) is 0.131. The van der Waals surface area contributed by atoms with Crippen LogP contribution in [0.15, 0.2) is 114 Å². The molecule has 1 aliphatic rings. The average Bonchev–Trinajstić information content (AvgIpc) is 3.57. The molecule has 48 heavy (non-hydrogen) atoms. The largest absolute Gasteiger partial charge is 0.501 e. The summed E-state index contributed by atoms with van der Waals surface area (Å²) in [5.41, 5.74) is 12.3. The molecule has 0 unspecified atom stereocenters. The minimum atomic E-state index is -1.23. The van der Waals surface area contributed by atoms with E-state index >= 15 is 0 Å². The maximum atomic E-state index is 6.48. The van der Waals surface area contributed by atoms with Crippen molar-refractivity contribution < 1.29 is 24.5 Å². The summed E-state index contributed by atoms with van der Waals surface area (Å²) in [4.78, 5) is 9.17. The number of pyridine rings is 2. The molecular formula is C43H40IrN2OSi-2. The Balaban J connectivity index is 0.000000201. The second-order valence-electron chi connectivity index (χ2n) is 14.3. The van der Waals surface area contributed by atoms with Gasteiger partial charge in [-0.15, -0.1) is 54.1 Å². The first-order valence-electron chi connectivity index (χ1n) is 16.4. The van der Waals surface area contributed by atoms with Gasteiger partial charge in [0.15, 0.2) is 0 Å². The third kappa shape index (κ3) is 6.00. The van der Waals surface area contributed by atoms with Gasteiger partial charge in [-0.3, -0.25) is 0 Å².